The number of likely N-dealkylation sites (tertiary alicyclic amines) is 1. The normalized spacial score (nSPS) is 19.6. The summed E-state index contributed by atoms with van der Waals surface area (Å²) in [6.07, 6.45) is -3.50. The standard InChI is InChI=1S/C24H21F5N4O2/c25-16-7-15(8-17(26)9-16)22(35)33-13-23(11-20(33)21(31)34)3-5-32(6-4-23)18-2-1-14(12-30)19(10-18)24(27,28)29/h1-2,7-10,20H,3-6,11,13H2,(H2,31,34). The summed E-state index contributed by atoms with van der Waals surface area (Å²) in [6, 6.07) is 6.55. The van der Waals surface area contributed by atoms with Crippen LogP contribution in [-0.2, 0) is 11.0 Å². The summed E-state index contributed by atoms with van der Waals surface area (Å²) < 4.78 is 67.3. The number of nitrogens with zero attached hydrogens (tertiary/aromatic N) is 3. The van der Waals surface area contributed by atoms with Crippen molar-refractivity contribution in [3.8, 4) is 6.07 Å². The van der Waals surface area contributed by atoms with Crippen molar-refractivity contribution in [1.82, 2.24) is 4.90 Å². The van der Waals surface area contributed by atoms with E-state index in [1.807, 2.05) is 0 Å². The van der Waals surface area contributed by atoms with E-state index in [9.17, 15) is 31.5 Å². The minimum Gasteiger partial charge on any atom is -0.371 e. The van der Waals surface area contributed by atoms with Crippen molar-refractivity contribution in [3.63, 3.8) is 0 Å². The molecule has 2 aromatic rings. The molecule has 2 aliphatic heterocycles. The smallest absolute Gasteiger partial charge is 0.371 e. The number of nitrogens with two attached hydrogens (primary N) is 1. The zero-order valence-corrected chi connectivity index (χ0v) is 18.4. The molecule has 2 aromatic carbocycles. The van der Waals surface area contributed by atoms with E-state index < -0.39 is 52.2 Å². The predicted octanol–water partition coefficient (Wildman–Crippen LogP) is 3.84. The van der Waals surface area contributed by atoms with Crippen LogP contribution in [0, 0.1) is 28.4 Å². The van der Waals surface area contributed by atoms with Crippen molar-refractivity contribution < 1.29 is 31.5 Å². The van der Waals surface area contributed by atoms with Gasteiger partial charge in [-0.2, -0.15) is 18.4 Å². The zero-order chi connectivity index (χ0) is 25.5. The Labute approximate surface area is 197 Å². The third-order valence-corrected chi connectivity index (χ3v) is 6.83. The van der Waals surface area contributed by atoms with E-state index in [0.717, 1.165) is 24.3 Å². The van der Waals surface area contributed by atoms with Gasteiger partial charge in [-0.25, -0.2) is 8.78 Å². The number of amides is 2. The van der Waals surface area contributed by atoms with Crippen molar-refractivity contribution in [1.29, 1.82) is 5.26 Å². The number of benzene rings is 2. The van der Waals surface area contributed by atoms with Gasteiger partial charge in [0.1, 0.15) is 17.7 Å². The lowest BCUT2D eigenvalue weighted by Gasteiger charge is -2.40. The summed E-state index contributed by atoms with van der Waals surface area (Å²) in [5.41, 5.74) is 3.63. The molecule has 1 unspecified atom stereocenters. The Bertz CT molecular complexity index is 1200. The molecule has 0 aromatic heterocycles. The average molecular weight is 492 g/mol. The van der Waals surface area contributed by atoms with E-state index in [2.05, 4.69) is 0 Å². The number of carbonyl (C=O) groups is 2. The highest BCUT2D eigenvalue weighted by Crippen LogP contribution is 2.45. The predicted molar refractivity (Wildman–Crippen MR) is 115 cm³/mol. The molecule has 0 bridgehead atoms. The quantitative estimate of drug-likeness (QED) is 0.660. The molecule has 2 fully saturated rings. The maximum Gasteiger partial charge on any atom is 0.417 e. The lowest BCUT2D eigenvalue weighted by molar-refractivity contribution is -0.137. The first-order valence-corrected chi connectivity index (χ1v) is 10.9. The molecule has 2 saturated heterocycles. The Morgan fingerprint density at radius 2 is 1.69 bits per heavy atom. The monoisotopic (exact) mass is 492 g/mol. The van der Waals surface area contributed by atoms with Crippen LogP contribution in [0.5, 0.6) is 0 Å². The van der Waals surface area contributed by atoms with Crippen LogP contribution in [0.2, 0.25) is 0 Å². The molecule has 1 atom stereocenters. The van der Waals surface area contributed by atoms with E-state index in [4.69, 9.17) is 11.0 Å². The third kappa shape index (κ3) is 4.78. The molecule has 4 rings (SSSR count). The van der Waals surface area contributed by atoms with Gasteiger partial charge in [0.2, 0.25) is 5.91 Å². The van der Waals surface area contributed by atoms with Crippen molar-refractivity contribution in [2.75, 3.05) is 24.5 Å². The van der Waals surface area contributed by atoms with Gasteiger partial charge in [0.15, 0.2) is 0 Å². The van der Waals surface area contributed by atoms with Gasteiger partial charge in [-0.05, 0) is 55.0 Å². The number of primary amides is 1. The highest BCUT2D eigenvalue weighted by atomic mass is 19.4. The van der Waals surface area contributed by atoms with Gasteiger partial charge in [0, 0.05) is 37.0 Å². The fourth-order valence-corrected chi connectivity index (χ4v) is 5.03. The number of hydrogen-bond donors (Lipinski definition) is 1. The SMILES string of the molecule is N#Cc1ccc(N2CCC3(CC2)CC(C(N)=O)N(C(=O)c2cc(F)cc(F)c2)C3)cc1C(F)(F)F. The minimum absolute atomic E-state index is 0.132. The first kappa shape index (κ1) is 24.4. The van der Waals surface area contributed by atoms with Gasteiger partial charge in [0.05, 0.1) is 17.2 Å². The number of rotatable bonds is 3. The van der Waals surface area contributed by atoms with E-state index in [1.165, 1.54) is 11.0 Å². The van der Waals surface area contributed by atoms with Crippen LogP contribution in [0.15, 0.2) is 36.4 Å². The molecule has 2 amide bonds. The van der Waals surface area contributed by atoms with Crippen molar-refractivity contribution in [2.24, 2.45) is 11.1 Å². The second-order valence-electron chi connectivity index (χ2n) is 9.04. The summed E-state index contributed by atoms with van der Waals surface area (Å²) in [5.74, 6) is -3.30. The van der Waals surface area contributed by atoms with Gasteiger partial charge in [-0.3, -0.25) is 9.59 Å². The van der Waals surface area contributed by atoms with Crippen LogP contribution in [0.4, 0.5) is 27.6 Å². The molecular formula is C24H21F5N4O2. The van der Waals surface area contributed by atoms with Crippen LogP contribution in [0.25, 0.3) is 0 Å². The number of halogens is 5. The largest absolute Gasteiger partial charge is 0.417 e. The highest BCUT2D eigenvalue weighted by Gasteiger charge is 2.49. The maximum absolute atomic E-state index is 13.6. The molecule has 2 N–H and O–H groups in total. The summed E-state index contributed by atoms with van der Waals surface area (Å²) in [7, 11) is 0. The van der Waals surface area contributed by atoms with Crippen LogP contribution in [-0.4, -0.2) is 42.4 Å². The molecule has 6 nitrogen and oxygen atoms in total. The van der Waals surface area contributed by atoms with Crippen LogP contribution >= 0.6 is 0 Å². The van der Waals surface area contributed by atoms with Gasteiger partial charge >= 0.3 is 6.18 Å². The summed E-state index contributed by atoms with van der Waals surface area (Å²) >= 11 is 0. The number of nitriles is 1. The first-order valence-electron chi connectivity index (χ1n) is 10.9. The van der Waals surface area contributed by atoms with Crippen LogP contribution < -0.4 is 10.6 Å². The maximum atomic E-state index is 13.6. The Balaban J connectivity index is 1.53. The fourth-order valence-electron chi connectivity index (χ4n) is 5.03. The molecule has 0 aliphatic carbocycles. The van der Waals surface area contributed by atoms with Crippen molar-refractivity contribution in [3.05, 3.63) is 64.7 Å². The Morgan fingerprint density at radius 1 is 1.06 bits per heavy atom. The number of hydrogen-bond acceptors (Lipinski definition) is 4. The van der Waals surface area contributed by atoms with Crippen molar-refractivity contribution in [2.45, 2.75) is 31.5 Å². The van der Waals surface area contributed by atoms with E-state index >= 15 is 0 Å². The zero-order valence-electron chi connectivity index (χ0n) is 18.4. The Hall–Kier alpha value is -3.68. The summed E-state index contributed by atoms with van der Waals surface area (Å²) in [5, 5.41) is 9.00. The van der Waals surface area contributed by atoms with Crippen LogP contribution in [0.3, 0.4) is 0 Å². The Kier molecular flexibility index (Phi) is 6.17. The van der Waals surface area contributed by atoms with Gasteiger partial charge in [-0.1, -0.05) is 0 Å². The molecule has 2 aliphatic rings. The molecule has 11 heteroatoms. The number of anilines is 1. The highest BCUT2D eigenvalue weighted by molar-refractivity contribution is 5.97. The molecular weight excluding hydrogens is 471 g/mol. The second-order valence-corrected chi connectivity index (χ2v) is 9.04. The number of piperidine rings is 1. The molecule has 184 valence electrons. The fraction of sp³-hybridized carbons (Fsp3) is 0.375. The number of carbonyl (C=O) groups excluding carboxylic acids is 2. The summed E-state index contributed by atoms with van der Waals surface area (Å²) in [4.78, 5) is 28.1. The average Bonchev–Trinajstić information content (AvgIpc) is 3.17. The first-order chi connectivity index (χ1) is 16.4. The molecule has 1 spiro atoms. The number of alkyl halides is 3. The lowest BCUT2D eigenvalue weighted by atomic mass is 9.76. The van der Waals surface area contributed by atoms with Gasteiger partial charge < -0.3 is 15.5 Å². The minimum atomic E-state index is -4.67. The van der Waals surface area contributed by atoms with Gasteiger partial charge in [0.25, 0.3) is 5.91 Å². The topological polar surface area (TPSA) is 90.4 Å². The second kappa shape index (κ2) is 8.83. The summed E-state index contributed by atoms with van der Waals surface area (Å²) in [6.45, 7) is 0.836. The van der Waals surface area contributed by atoms with E-state index in [0.29, 0.717) is 37.7 Å². The molecule has 35 heavy (non-hydrogen) atoms. The van der Waals surface area contributed by atoms with Crippen molar-refractivity contribution >= 4 is 17.5 Å². The molecule has 0 radical (unpaired) electrons. The lowest BCUT2D eigenvalue weighted by Crippen LogP contribution is -2.44. The van der Waals surface area contributed by atoms with E-state index in [-0.39, 0.29) is 18.5 Å². The van der Waals surface area contributed by atoms with Gasteiger partial charge in [-0.15, -0.1) is 0 Å². The van der Waals surface area contributed by atoms with E-state index in [1.54, 1.807) is 11.0 Å². The molecule has 2 heterocycles. The molecule has 0 saturated carbocycles. The third-order valence-electron chi connectivity index (χ3n) is 6.83. The van der Waals surface area contributed by atoms with Crippen LogP contribution in [0.1, 0.15) is 40.7 Å². The Morgan fingerprint density at radius 3 is 2.23 bits per heavy atom.